The van der Waals surface area contributed by atoms with E-state index in [1.165, 1.54) is 0 Å². The van der Waals surface area contributed by atoms with Gasteiger partial charge in [0.25, 0.3) is 0 Å². The first-order valence-electron chi connectivity index (χ1n) is 20.9. The van der Waals surface area contributed by atoms with Gasteiger partial charge >= 0.3 is 0 Å². The molecule has 0 bridgehead atoms. The van der Waals surface area contributed by atoms with E-state index in [4.69, 9.17) is 74.2 Å². The molecule has 0 aliphatic carbocycles. The first kappa shape index (κ1) is 59.1. The number of hydrogen-bond acceptors (Lipinski definition) is 20. The Labute approximate surface area is 365 Å². The molecule has 0 unspecified atom stereocenters. The molecule has 0 rings (SSSR count). The van der Waals surface area contributed by atoms with E-state index in [1.807, 2.05) is 0 Å². The third kappa shape index (κ3) is 46.6. The largest absolute Gasteiger partial charge is 0.379 e. The maximum absolute atomic E-state index is 13.1. The Hall–Kier alpha value is -2.92. The molecule has 0 aromatic carbocycles. The molecule has 0 aromatic rings. The predicted octanol–water partition coefficient (Wildman–Crippen LogP) is -1.49. The number of ether oxygens (including phenoxy) is 12. The van der Waals surface area contributed by atoms with Crippen LogP contribution in [0.2, 0.25) is 0 Å². The monoisotopic (exact) mass is 903 g/mol. The summed E-state index contributed by atoms with van der Waals surface area (Å²) in [5, 5.41) is 8.99. The maximum Gasteiger partial charge on any atom is 0.225 e. The summed E-state index contributed by atoms with van der Waals surface area (Å²) in [6.07, 6.45) is 0.391. The van der Waals surface area contributed by atoms with Crippen molar-refractivity contribution in [1.82, 2.24) is 15.5 Å². The summed E-state index contributed by atoms with van der Waals surface area (Å²) in [5.74, 6) is 9.19. The zero-order valence-corrected chi connectivity index (χ0v) is 36.4. The van der Waals surface area contributed by atoms with Gasteiger partial charge in [-0.1, -0.05) is 5.11 Å². The van der Waals surface area contributed by atoms with E-state index in [0.717, 1.165) is 0 Å². The van der Waals surface area contributed by atoms with E-state index >= 15 is 0 Å². The van der Waals surface area contributed by atoms with Crippen molar-refractivity contribution in [3.05, 3.63) is 10.4 Å². The van der Waals surface area contributed by atoms with E-state index < -0.39 is 0 Å². The number of hydrogen-bond donors (Lipinski definition) is 4. The van der Waals surface area contributed by atoms with Crippen molar-refractivity contribution in [3.63, 3.8) is 0 Å². The van der Waals surface area contributed by atoms with Crippen LogP contribution in [0.4, 0.5) is 0 Å². The highest BCUT2D eigenvalue weighted by Gasteiger charge is 2.14. The zero-order chi connectivity index (χ0) is 45.1. The van der Waals surface area contributed by atoms with Gasteiger partial charge in [-0.25, -0.2) is 11.8 Å². The van der Waals surface area contributed by atoms with Crippen molar-refractivity contribution < 1.29 is 80.9 Å². The molecule has 0 aliphatic heterocycles. The highest BCUT2D eigenvalue weighted by molar-refractivity contribution is 5.78. The van der Waals surface area contributed by atoms with Gasteiger partial charge in [-0.2, -0.15) is 0 Å². The fourth-order valence-electron chi connectivity index (χ4n) is 4.50. The summed E-state index contributed by atoms with van der Waals surface area (Å²) in [6.45, 7) is 10.5. The number of carbonyl (C=O) groups is 3. The molecule has 25 nitrogen and oxygen atoms in total. The van der Waals surface area contributed by atoms with E-state index in [2.05, 4.69) is 30.3 Å². The van der Waals surface area contributed by atoms with Crippen LogP contribution in [0, 0.1) is 0 Å². The lowest BCUT2D eigenvalue weighted by atomic mass is 10.3. The Morgan fingerprint density at radius 1 is 0.419 bits per heavy atom. The Balaban J connectivity index is 4.30. The SMILES string of the molecule is [N-]=[N+]=NCCOCCOCCOCCOCCC(=O)N(CCNC(=O)CCOCCOCCOCCOCCON)CCNC(=O)CCOCCOCCOCCOCCON. The van der Waals surface area contributed by atoms with Gasteiger partial charge in [0, 0.05) is 50.5 Å². The van der Waals surface area contributed by atoms with E-state index in [9.17, 15) is 14.4 Å². The summed E-state index contributed by atoms with van der Waals surface area (Å²) in [7, 11) is 0. The number of amides is 3. The van der Waals surface area contributed by atoms with Crippen LogP contribution in [0.5, 0.6) is 0 Å². The summed E-state index contributed by atoms with van der Waals surface area (Å²) in [6, 6.07) is 0. The van der Waals surface area contributed by atoms with Crippen molar-refractivity contribution in [1.29, 1.82) is 0 Å². The lowest BCUT2D eigenvalue weighted by Gasteiger charge is -2.23. The number of carbonyl (C=O) groups excluding carboxylic acids is 3. The Kier molecular flexibility index (Phi) is 48.3. The van der Waals surface area contributed by atoms with Gasteiger partial charge in [-0.3, -0.25) is 14.4 Å². The van der Waals surface area contributed by atoms with Crippen molar-refractivity contribution >= 4 is 17.7 Å². The lowest BCUT2D eigenvalue weighted by Crippen LogP contribution is -2.43. The Bertz CT molecular complexity index is 1010. The number of nitrogens with one attached hydrogen (secondary N) is 2. The summed E-state index contributed by atoms with van der Waals surface area (Å²) >= 11 is 0. The van der Waals surface area contributed by atoms with Crippen LogP contribution in [0.3, 0.4) is 0 Å². The normalized spacial score (nSPS) is 11.1. The predicted molar refractivity (Wildman–Crippen MR) is 221 cm³/mol. The molecular weight excluding hydrogens is 828 g/mol. The number of rotatable bonds is 51. The minimum absolute atomic E-state index is 0.105. The van der Waals surface area contributed by atoms with E-state index in [1.54, 1.807) is 4.90 Å². The second-order valence-corrected chi connectivity index (χ2v) is 12.4. The second-order valence-electron chi connectivity index (χ2n) is 12.4. The van der Waals surface area contributed by atoms with Gasteiger partial charge in [0.05, 0.1) is 178 Å². The molecule has 3 amide bonds. The molecule has 0 saturated heterocycles. The maximum atomic E-state index is 13.1. The van der Waals surface area contributed by atoms with Crippen LogP contribution in [0.25, 0.3) is 10.4 Å². The molecule has 0 aliphatic rings. The average Bonchev–Trinajstić information content (AvgIpc) is 3.27. The third-order valence-electron chi connectivity index (χ3n) is 7.61. The summed E-state index contributed by atoms with van der Waals surface area (Å²) < 4.78 is 64.8. The molecule has 62 heavy (non-hydrogen) atoms. The molecule has 0 heterocycles. The van der Waals surface area contributed by atoms with Crippen molar-refractivity contribution in [3.8, 4) is 0 Å². The van der Waals surface area contributed by atoms with Crippen LogP contribution in [0.1, 0.15) is 19.3 Å². The van der Waals surface area contributed by atoms with Crippen molar-refractivity contribution in [2.24, 2.45) is 16.9 Å². The fourth-order valence-corrected chi connectivity index (χ4v) is 4.50. The number of nitrogens with zero attached hydrogens (tertiary/aromatic N) is 4. The standard InChI is InChI=1S/C37H74N8O17/c38-44-43-6-12-52-16-20-56-24-21-55-19-15-51-11-3-37(48)45(7-4-41-35(46)1-9-49-13-17-53-22-25-57-27-29-59-31-33-61-39)8-5-42-36(47)2-10-50-14-18-54-23-26-58-28-30-60-32-34-62-40/h1-34,39-40H2,(H,41,46)(H,42,47). The molecule has 0 spiro atoms. The van der Waals surface area contributed by atoms with Gasteiger partial charge in [-0.15, -0.1) is 0 Å². The molecular formula is C37H74N8O17. The molecule has 6 N–H and O–H groups in total. The highest BCUT2D eigenvalue weighted by Crippen LogP contribution is 1.97. The third-order valence-corrected chi connectivity index (χ3v) is 7.61. The van der Waals surface area contributed by atoms with Crippen LogP contribution >= 0.6 is 0 Å². The molecule has 25 heteroatoms. The van der Waals surface area contributed by atoms with Gasteiger partial charge in [0.15, 0.2) is 0 Å². The zero-order valence-electron chi connectivity index (χ0n) is 36.4. The van der Waals surface area contributed by atoms with Crippen LogP contribution in [0.15, 0.2) is 5.11 Å². The van der Waals surface area contributed by atoms with E-state index in [0.29, 0.717) is 152 Å². The van der Waals surface area contributed by atoms with Crippen molar-refractivity contribution in [2.75, 3.05) is 205 Å². The van der Waals surface area contributed by atoms with Gasteiger partial charge in [0.2, 0.25) is 17.7 Å². The van der Waals surface area contributed by atoms with Gasteiger partial charge in [0.1, 0.15) is 0 Å². The second kappa shape index (κ2) is 50.7. The highest BCUT2D eigenvalue weighted by atomic mass is 16.6. The fraction of sp³-hybridized carbons (Fsp3) is 0.919. The molecule has 0 aromatic heterocycles. The van der Waals surface area contributed by atoms with Gasteiger partial charge in [-0.05, 0) is 5.53 Å². The average molecular weight is 903 g/mol. The van der Waals surface area contributed by atoms with E-state index in [-0.39, 0.29) is 89.5 Å². The van der Waals surface area contributed by atoms with Crippen LogP contribution in [-0.2, 0) is 80.9 Å². The molecule has 0 atom stereocenters. The minimum atomic E-state index is -0.223. The molecule has 0 saturated carbocycles. The smallest absolute Gasteiger partial charge is 0.225 e. The first-order chi connectivity index (χ1) is 30.5. The number of azide groups is 1. The van der Waals surface area contributed by atoms with Gasteiger partial charge < -0.3 is 82.1 Å². The summed E-state index contributed by atoms with van der Waals surface area (Å²) in [5.41, 5.74) is 8.22. The minimum Gasteiger partial charge on any atom is -0.379 e. The topological polar surface area (TPSA) is 309 Å². The summed E-state index contributed by atoms with van der Waals surface area (Å²) in [4.78, 5) is 50.9. The molecule has 364 valence electrons. The van der Waals surface area contributed by atoms with Crippen LogP contribution < -0.4 is 22.4 Å². The Morgan fingerprint density at radius 2 is 0.694 bits per heavy atom. The molecule has 0 radical (unpaired) electrons. The molecule has 0 fully saturated rings. The Morgan fingerprint density at radius 3 is 1.00 bits per heavy atom. The first-order valence-corrected chi connectivity index (χ1v) is 20.9. The van der Waals surface area contributed by atoms with Crippen LogP contribution in [-0.4, -0.2) is 227 Å². The van der Waals surface area contributed by atoms with Crippen molar-refractivity contribution in [2.45, 2.75) is 19.3 Å². The lowest BCUT2D eigenvalue weighted by molar-refractivity contribution is -0.133. The quantitative estimate of drug-likeness (QED) is 0.0178. The number of nitrogens with two attached hydrogens (primary N) is 2.